The SMILES string of the molecule is COC(=O)/C=C/c1cc(C(=O)OC)c2c3ncn([C@@H]4O[C@H](CO)[C@@H](O)[C@H]4O)c3ncn2c1=O. The van der Waals surface area contributed by atoms with Gasteiger partial charge in [0.15, 0.2) is 11.9 Å². The van der Waals surface area contributed by atoms with E-state index in [9.17, 15) is 29.7 Å². The zero-order chi connectivity index (χ0) is 23.9. The number of aliphatic hydroxyl groups is 3. The average Bonchev–Trinajstić information content (AvgIpc) is 3.38. The number of ether oxygens (including phenoxy) is 3. The summed E-state index contributed by atoms with van der Waals surface area (Å²) in [6.45, 7) is -0.512. The highest BCUT2D eigenvalue weighted by Gasteiger charge is 2.44. The fourth-order valence-corrected chi connectivity index (χ4v) is 3.68. The van der Waals surface area contributed by atoms with Gasteiger partial charge in [0.1, 0.15) is 30.2 Å². The number of pyridine rings is 1. The topological polar surface area (TPSA) is 175 Å². The van der Waals surface area contributed by atoms with E-state index < -0.39 is 48.6 Å². The van der Waals surface area contributed by atoms with Crippen molar-refractivity contribution in [3.05, 3.63) is 46.3 Å². The molecule has 4 heterocycles. The Hall–Kier alpha value is -3.65. The van der Waals surface area contributed by atoms with Crippen LogP contribution < -0.4 is 5.56 Å². The van der Waals surface area contributed by atoms with Crippen molar-refractivity contribution in [3.63, 3.8) is 0 Å². The first kappa shape index (κ1) is 22.5. The Morgan fingerprint density at radius 3 is 2.58 bits per heavy atom. The molecule has 1 aliphatic heterocycles. The third-order valence-electron chi connectivity index (χ3n) is 5.35. The van der Waals surface area contributed by atoms with Crippen molar-refractivity contribution < 1.29 is 39.1 Å². The first-order chi connectivity index (χ1) is 15.8. The maximum absolute atomic E-state index is 13.0. The van der Waals surface area contributed by atoms with E-state index in [-0.39, 0.29) is 27.8 Å². The second-order valence-corrected chi connectivity index (χ2v) is 7.18. The summed E-state index contributed by atoms with van der Waals surface area (Å²) in [7, 11) is 2.35. The molecule has 1 saturated heterocycles. The highest BCUT2D eigenvalue weighted by molar-refractivity contribution is 6.05. The van der Waals surface area contributed by atoms with Crippen LogP contribution in [0.25, 0.3) is 22.8 Å². The first-order valence-electron chi connectivity index (χ1n) is 9.70. The summed E-state index contributed by atoms with van der Waals surface area (Å²) in [5, 5.41) is 29.7. The minimum atomic E-state index is -1.38. The molecule has 13 heteroatoms. The van der Waals surface area contributed by atoms with Crippen LogP contribution in [0.5, 0.6) is 0 Å². The van der Waals surface area contributed by atoms with E-state index in [1.165, 1.54) is 37.3 Å². The van der Waals surface area contributed by atoms with E-state index in [1.807, 2.05) is 0 Å². The number of imidazole rings is 1. The Morgan fingerprint density at radius 1 is 1.18 bits per heavy atom. The molecule has 4 atom stereocenters. The van der Waals surface area contributed by atoms with Crippen molar-refractivity contribution in [2.75, 3.05) is 20.8 Å². The van der Waals surface area contributed by atoms with Crippen LogP contribution in [0.1, 0.15) is 22.1 Å². The lowest BCUT2D eigenvalue weighted by atomic mass is 10.1. The van der Waals surface area contributed by atoms with Gasteiger partial charge in [-0.2, -0.15) is 0 Å². The van der Waals surface area contributed by atoms with Crippen molar-refractivity contribution in [2.24, 2.45) is 0 Å². The highest BCUT2D eigenvalue weighted by Crippen LogP contribution is 2.32. The van der Waals surface area contributed by atoms with Gasteiger partial charge in [0, 0.05) is 11.6 Å². The second kappa shape index (κ2) is 8.71. The zero-order valence-corrected chi connectivity index (χ0v) is 17.5. The van der Waals surface area contributed by atoms with Gasteiger partial charge in [0.2, 0.25) is 0 Å². The normalized spacial score (nSPS) is 22.9. The summed E-state index contributed by atoms with van der Waals surface area (Å²) in [6.07, 6.45) is -0.189. The molecule has 13 nitrogen and oxygen atoms in total. The van der Waals surface area contributed by atoms with E-state index in [1.54, 1.807) is 0 Å². The Bertz CT molecular complexity index is 1330. The number of hydrogen-bond acceptors (Lipinski definition) is 11. The van der Waals surface area contributed by atoms with E-state index in [0.29, 0.717) is 0 Å². The van der Waals surface area contributed by atoms with E-state index in [4.69, 9.17) is 9.47 Å². The molecule has 0 aromatic carbocycles. The van der Waals surface area contributed by atoms with Crippen LogP contribution in [0.15, 0.2) is 29.6 Å². The molecule has 3 aromatic rings. The fourth-order valence-electron chi connectivity index (χ4n) is 3.68. The van der Waals surface area contributed by atoms with Crippen molar-refractivity contribution >= 4 is 34.7 Å². The van der Waals surface area contributed by atoms with E-state index in [2.05, 4.69) is 14.7 Å². The average molecular weight is 460 g/mol. The summed E-state index contributed by atoms with van der Waals surface area (Å²) in [6, 6.07) is 1.26. The van der Waals surface area contributed by atoms with Gasteiger partial charge in [-0.25, -0.2) is 19.6 Å². The number of esters is 2. The minimum absolute atomic E-state index is 0.00217. The van der Waals surface area contributed by atoms with Crippen LogP contribution in [0.3, 0.4) is 0 Å². The number of aromatic nitrogens is 4. The van der Waals surface area contributed by atoms with E-state index in [0.717, 1.165) is 16.8 Å². The Kier molecular flexibility index (Phi) is 5.95. The molecule has 0 aliphatic carbocycles. The lowest BCUT2D eigenvalue weighted by Crippen LogP contribution is -2.33. The zero-order valence-electron chi connectivity index (χ0n) is 17.5. The van der Waals surface area contributed by atoms with Crippen LogP contribution in [0, 0.1) is 0 Å². The smallest absolute Gasteiger partial charge is 0.340 e. The lowest BCUT2D eigenvalue weighted by Gasteiger charge is -2.16. The van der Waals surface area contributed by atoms with Gasteiger partial charge in [-0.15, -0.1) is 0 Å². The van der Waals surface area contributed by atoms with Crippen LogP contribution in [-0.2, 0) is 19.0 Å². The first-order valence-corrected chi connectivity index (χ1v) is 9.70. The lowest BCUT2D eigenvalue weighted by molar-refractivity contribution is -0.134. The Labute approximate surface area is 185 Å². The van der Waals surface area contributed by atoms with Gasteiger partial charge in [-0.1, -0.05) is 0 Å². The second-order valence-electron chi connectivity index (χ2n) is 7.18. The number of carbonyl (C=O) groups is 2. The molecule has 0 saturated carbocycles. The molecule has 1 aliphatic rings. The van der Waals surface area contributed by atoms with Gasteiger partial charge >= 0.3 is 11.9 Å². The van der Waals surface area contributed by atoms with Crippen LogP contribution in [0.4, 0.5) is 0 Å². The highest BCUT2D eigenvalue weighted by atomic mass is 16.6. The van der Waals surface area contributed by atoms with Crippen LogP contribution in [-0.4, -0.2) is 85.3 Å². The molecule has 0 radical (unpaired) electrons. The van der Waals surface area contributed by atoms with Gasteiger partial charge in [0.25, 0.3) is 5.56 Å². The summed E-state index contributed by atoms with van der Waals surface area (Å²) in [5.41, 5.74) is -0.265. The molecular weight excluding hydrogens is 440 g/mol. The molecular formula is C20H20N4O9. The Balaban J connectivity index is 1.94. The number of rotatable bonds is 5. The molecule has 33 heavy (non-hydrogen) atoms. The maximum atomic E-state index is 13.0. The summed E-state index contributed by atoms with van der Waals surface area (Å²) in [4.78, 5) is 45.4. The van der Waals surface area contributed by atoms with Crippen molar-refractivity contribution in [1.29, 1.82) is 0 Å². The molecule has 0 amide bonds. The standard InChI is InChI=1S/C20H20N4O9/c1-31-12(26)4-3-9-5-10(20(30)32-2)14-13-17(22-8-23(14)18(9)29)24(7-21-13)19-16(28)15(27)11(6-25)33-19/h3-5,7-8,11,15-16,19,25,27-28H,6H2,1-2H3/b4-3+/t11-,15-,16-,19-/m1/s1. The molecule has 174 valence electrons. The third kappa shape index (κ3) is 3.66. The molecule has 0 spiro atoms. The quantitative estimate of drug-likeness (QED) is 0.302. The van der Waals surface area contributed by atoms with Gasteiger partial charge < -0.3 is 29.5 Å². The van der Waals surface area contributed by atoms with Crippen molar-refractivity contribution in [1.82, 2.24) is 18.9 Å². The molecule has 0 bridgehead atoms. The van der Waals surface area contributed by atoms with Crippen molar-refractivity contribution in [2.45, 2.75) is 24.5 Å². The number of aliphatic hydroxyl groups excluding tert-OH is 3. The maximum Gasteiger partial charge on any atom is 0.340 e. The fraction of sp³-hybridized carbons (Fsp3) is 0.350. The minimum Gasteiger partial charge on any atom is -0.466 e. The largest absolute Gasteiger partial charge is 0.466 e. The van der Waals surface area contributed by atoms with Gasteiger partial charge in [-0.05, 0) is 12.1 Å². The molecule has 4 rings (SSSR count). The van der Waals surface area contributed by atoms with Crippen LogP contribution in [0.2, 0.25) is 0 Å². The Morgan fingerprint density at radius 2 is 1.94 bits per heavy atom. The predicted octanol–water partition coefficient (Wildman–Crippen LogP) is -1.37. The number of nitrogens with zero attached hydrogens (tertiary/aromatic N) is 4. The summed E-state index contributed by atoms with van der Waals surface area (Å²) >= 11 is 0. The number of fused-ring (bicyclic) bond motifs is 3. The third-order valence-corrected chi connectivity index (χ3v) is 5.35. The summed E-state index contributed by atoms with van der Waals surface area (Å²) in [5.74, 6) is -1.46. The predicted molar refractivity (Wildman–Crippen MR) is 110 cm³/mol. The molecule has 0 unspecified atom stereocenters. The van der Waals surface area contributed by atoms with Crippen molar-refractivity contribution in [3.8, 4) is 0 Å². The van der Waals surface area contributed by atoms with Crippen LogP contribution >= 0.6 is 0 Å². The van der Waals surface area contributed by atoms with Gasteiger partial charge in [-0.3, -0.25) is 13.8 Å². The monoisotopic (exact) mass is 460 g/mol. The number of hydrogen-bond donors (Lipinski definition) is 3. The molecule has 3 aromatic heterocycles. The number of carbonyl (C=O) groups excluding carboxylic acids is 2. The molecule has 1 fully saturated rings. The van der Waals surface area contributed by atoms with E-state index >= 15 is 0 Å². The summed E-state index contributed by atoms with van der Waals surface area (Å²) < 4.78 is 17.3. The van der Waals surface area contributed by atoms with Gasteiger partial charge in [0.05, 0.1) is 38.2 Å². The number of methoxy groups -OCH3 is 2. The molecule has 3 N–H and O–H groups in total.